The zero-order valence-electron chi connectivity index (χ0n) is 13.1. The third kappa shape index (κ3) is 13.1. The van der Waals surface area contributed by atoms with Crippen LogP contribution in [0, 0.1) is 0 Å². The van der Waals surface area contributed by atoms with Gasteiger partial charge in [-0.25, -0.2) is 0 Å². The first-order valence-corrected chi connectivity index (χ1v) is 5.29. The zero-order valence-corrected chi connectivity index (χ0v) is 16.2. The van der Waals surface area contributed by atoms with Gasteiger partial charge >= 0.3 is 46.6 Å². The van der Waals surface area contributed by atoms with Gasteiger partial charge in [0.1, 0.15) is 0 Å². The average molecular weight is 421 g/mol. The maximum absolute atomic E-state index is 10.6. The molecule has 25 heavy (non-hydrogen) atoms. The molecule has 0 bridgehead atoms. The minimum Gasteiger partial charge on any atom is -0.550 e. The minimum absolute atomic E-state index is 0. The first-order chi connectivity index (χ1) is 8.92. The number of carbonyl (C=O) groups excluding carboxylic acids is 4. The molecule has 10 N–H and O–H groups in total. The second-order valence-electron chi connectivity index (χ2n) is 4.51. The predicted molar refractivity (Wildman–Crippen MR) is 63.2 cm³/mol. The van der Waals surface area contributed by atoms with Crippen molar-refractivity contribution in [3.63, 3.8) is 0 Å². The van der Waals surface area contributed by atoms with Gasteiger partial charge in [0.05, 0.1) is 0 Å². The van der Waals surface area contributed by atoms with Crippen molar-refractivity contribution in [2.24, 2.45) is 11.5 Å². The summed E-state index contributed by atoms with van der Waals surface area (Å²) in [7, 11) is 0. The van der Waals surface area contributed by atoms with Crippen molar-refractivity contribution in [2.45, 2.75) is 36.8 Å². The molecule has 0 aromatic rings. The van der Waals surface area contributed by atoms with Crippen LogP contribution in [-0.2, 0) is 36.2 Å². The maximum Gasteiger partial charge on any atom is 3.00 e. The Morgan fingerprint density at radius 1 is 0.600 bits per heavy atom. The van der Waals surface area contributed by atoms with Crippen molar-refractivity contribution in [3.05, 3.63) is 0 Å². The quantitative estimate of drug-likeness (QED) is 0.331. The molecule has 0 spiro atoms. The molecule has 143 valence electrons. The van der Waals surface area contributed by atoms with Crippen LogP contribution in [-0.4, -0.2) is 51.4 Å². The van der Waals surface area contributed by atoms with Crippen LogP contribution in [0.15, 0.2) is 0 Å². The Bertz CT molecular complexity index is 377. The van der Waals surface area contributed by atoms with Gasteiger partial charge in [0.25, 0.3) is 0 Å². The van der Waals surface area contributed by atoms with Crippen LogP contribution in [0.5, 0.6) is 0 Å². The molecule has 0 aliphatic carbocycles. The Morgan fingerprint density at radius 2 is 0.720 bits per heavy atom. The number of carboxylic acid groups (broad SMARTS) is 4. The van der Waals surface area contributed by atoms with Crippen LogP contribution >= 0.6 is 0 Å². The number of nitrogens with two attached hydrogens (primary N) is 2. The van der Waals surface area contributed by atoms with Crippen molar-refractivity contribution in [3.8, 4) is 0 Å². The minimum atomic E-state index is -2.43. The zero-order chi connectivity index (χ0) is 16.1. The van der Waals surface area contributed by atoms with E-state index >= 15 is 0 Å². The Balaban J connectivity index is -0.000000180. The predicted octanol–water partition coefficient (Wildman–Crippen LogP) is -12.5. The van der Waals surface area contributed by atoms with Crippen molar-refractivity contribution < 1.29 is 103 Å². The number of carbonyl (C=O) groups is 4. The standard InChI is InChI=1S/C10H16N2O8.Fe.Na.3H2O/c11-9(1-5(13)14,2-6(15)16)10(12,3-7(17)18)4-8(19)20;;;;;/h1-4,11-12H2,(H,13,14)(H,15,16)(H,17,18)(H,19,20);;;3*1H2/q;+3;+1;;;/p-4. The summed E-state index contributed by atoms with van der Waals surface area (Å²) in [5.74, 6) is -7.33. The van der Waals surface area contributed by atoms with Crippen LogP contribution in [0.4, 0.5) is 0 Å². The molecule has 0 aromatic heterocycles. The molecule has 0 aliphatic rings. The number of hydrogen-bond donors (Lipinski definition) is 2. The van der Waals surface area contributed by atoms with Crippen molar-refractivity contribution in [1.82, 2.24) is 0 Å². The number of hydrogen-bond acceptors (Lipinski definition) is 10. The van der Waals surface area contributed by atoms with Gasteiger partial charge in [-0.15, -0.1) is 0 Å². The van der Waals surface area contributed by atoms with E-state index in [2.05, 4.69) is 0 Å². The van der Waals surface area contributed by atoms with Gasteiger partial charge in [-0.05, 0) is 0 Å². The van der Waals surface area contributed by atoms with Crippen LogP contribution < -0.4 is 61.5 Å². The second-order valence-corrected chi connectivity index (χ2v) is 4.51. The van der Waals surface area contributed by atoms with Gasteiger partial charge in [0, 0.05) is 60.6 Å². The van der Waals surface area contributed by atoms with Gasteiger partial charge in [0.15, 0.2) is 0 Å². The van der Waals surface area contributed by atoms with E-state index < -0.39 is 60.6 Å². The monoisotopic (exact) mass is 421 g/mol. The van der Waals surface area contributed by atoms with E-state index in [0.29, 0.717) is 0 Å². The van der Waals surface area contributed by atoms with Gasteiger partial charge in [-0.2, -0.15) is 0 Å². The van der Waals surface area contributed by atoms with Crippen LogP contribution in [0.2, 0.25) is 0 Å². The third-order valence-electron chi connectivity index (χ3n) is 2.83. The van der Waals surface area contributed by atoms with Crippen molar-refractivity contribution in [1.29, 1.82) is 0 Å². The summed E-state index contributed by atoms with van der Waals surface area (Å²) in [4.78, 5) is 42.5. The fourth-order valence-corrected chi connectivity index (χ4v) is 1.86. The number of rotatable bonds is 9. The summed E-state index contributed by atoms with van der Waals surface area (Å²) in [6.07, 6.45) is -4.73. The summed E-state index contributed by atoms with van der Waals surface area (Å²) >= 11 is 0. The summed E-state index contributed by atoms with van der Waals surface area (Å²) in [5.41, 5.74) is 6.20. The maximum atomic E-state index is 10.6. The molecule has 0 saturated carbocycles. The summed E-state index contributed by atoms with van der Waals surface area (Å²) in [6, 6.07) is 0. The molecule has 0 fully saturated rings. The molecule has 0 heterocycles. The molecule has 0 unspecified atom stereocenters. The normalized spacial score (nSPS) is 9.52. The van der Waals surface area contributed by atoms with E-state index in [0.717, 1.165) is 0 Å². The van der Waals surface area contributed by atoms with E-state index in [1.165, 1.54) is 0 Å². The first kappa shape index (κ1) is 39.3. The SMILES string of the molecule is NC(CC(=O)[O-])(CC(=O)[O-])C(N)(CC(=O)[O-])CC(=O)[O-].O.O.O.[Fe+3].[Na+]. The van der Waals surface area contributed by atoms with Gasteiger partial charge < -0.3 is 67.5 Å². The molecule has 1 radical (unpaired) electrons. The number of carboxylic acids is 4. The van der Waals surface area contributed by atoms with Crippen LogP contribution in [0.3, 0.4) is 0 Å². The average Bonchev–Trinajstić information content (AvgIpc) is 2.10. The molecular formula is C10H18FeN2NaO11. The Hall–Kier alpha value is -0.801. The van der Waals surface area contributed by atoms with E-state index in [4.69, 9.17) is 11.5 Å². The molecule has 0 aromatic carbocycles. The van der Waals surface area contributed by atoms with E-state index in [1.54, 1.807) is 0 Å². The van der Waals surface area contributed by atoms with Crippen LogP contribution in [0.1, 0.15) is 25.7 Å². The van der Waals surface area contributed by atoms with Gasteiger partial charge in [0.2, 0.25) is 0 Å². The number of aliphatic carboxylic acids is 4. The summed E-state index contributed by atoms with van der Waals surface area (Å²) in [6.45, 7) is 0. The molecular weight excluding hydrogens is 403 g/mol. The smallest absolute Gasteiger partial charge is 0.550 e. The Kier molecular flexibility index (Phi) is 24.3. The van der Waals surface area contributed by atoms with E-state index in [1.807, 2.05) is 0 Å². The molecule has 0 saturated heterocycles. The largest absolute Gasteiger partial charge is 3.00 e. The summed E-state index contributed by atoms with van der Waals surface area (Å²) < 4.78 is 0. The van der Waals surface area contributed by atoms with Crippen molar-refractivity contribution >= 4 is 23.9 Å². The summed E-state index contributed by atoms with van der Waals surface area (Å²) in [5, 5.41) is 42.5. The van der Waals surface area contributed by atoms with E-state index in [9.17, 15) is 39.6 Å². The van der Waals surface area contributed by atoms with Gasteiger partial charge in [-0.1, -0.05) is 0 Å². The molecule has 0 aliphatic heterocycles. The molecule has 15 heteroatoms. The molecule has 0 atom stereocenters. The fourth-order valence-electron chi connectivity index (χ4n) is 1.86. The van der Waals surface area contributed by atoms with Crippen LogP contribution in [0.25, 0.3) is 0 Å². The molecule has 0 amide bonds. The first-order valence-electron chi connectivity index (χ1n) is 5.29. The Morgan fingerprint density at radius 3 is 0.800 bits per heavy atom. The van der Waals surface area contributed by atoms with Crippen molar-refractivity contribution in [2.75, 3.05) is 0 Å². The molecule has 0 rings (SSSR count). The fraction of sp³-hybridized carbons (Fsp3) is 0.600. The second kappa shape index (κ2) is 15.5. The third-order valence-corrected chi connectivity index (χ3v) is 2.83. The van der Waals surface area contributed by atoms with Gasteiger partial charge in [-0.3, -0.25) is 0 Å². The Labute approximate surface area is 174 Å². The topological polar surface area (TPSA) is 307 Å². The van der Waals surface area contributed by atoms with E-state index in [-0.39, 0.29) is 63.1 Å². The molecule has 13 nitrogen and oxygen atoms in total.